The van der Waals surface area contributed by atoms with Crippen LogP contribution in [-0.4, -0.2) is 46.9 Å². The molecule has 2 N–H and O–H groups in total. The molecule has 0 unspecified atom stereocenters. The normalized spacial score (nSPS) is 14.0. The monoisotopic (exact) mass is 460 g/mol. The van der Waals surface area contributed by atoms with E-state index in [9.17, 15) is 0 Å². The molecule has 1 saturated carbocycles. The Bertz CT molecular complexity index is 544. The first-order chi connectivity index (χ1) is 11.6. The van der Waals surface area contributed by atoms with Crippen molar-refractivity contribution in [2.75, 3.05) is 45.8 Å². The van der Waals surface area contributed by atoms with Crippen LogP contribution >= 0.6 is 24.0 Å². The maximum absolute atomic E-state index is 5.64. The highest BCUT2D eigenvalue weighted by atomic mass is 127. The molecule has 25 heavy (non-hydrogen) atoms. The number of benzene rings is 1. The molecule has 5 nitrogen and oxygen atoms in total. The molecule has 1 aliphatic carbocycles. The third-order valence-corrected chi connectivity index (χ3v) is 4.32. The van der Waals surface area contributed by atoms with Crippen molar-refractivity contribution in [2.45, 2.75) is 32.7 Å². The average Bonchev–Trinajstić information content (AvgIpc) is 3.38. The predicted molar refractivity (Wildman–Crippen MR) is 117 cm³/mol. The van der Waals surface area contributed by atoms with Gasteiger partial charge >= 0.3 is 0 Å². The summed E-state index contributed by atoms with van der Waals surface area (Å²) in [6, 6.07) is 6.54. The van der Waals surface area contributed by atoms with E-state index in [0.717, 1.165) is 44.6 Å². The number of anilines is 1. The molecular formula is C19H33IN4O. The zero-order valence-electron chi connectivity index (χ0n) is 16.0. The Hall–Kier alpha value is -1.02. The fourth-order valence-corrected chi connectivity index (χ4v) is 2.47. The quantitative estimate of drug-likeness (QED) is 0.257. The minimum atomic E-state index is 0. The van der Waals surface area contributed by atoms with E-state index in [2.05, 4.69) is 59.7 Å². The molecule has 0 aromatic heterocycles. The number of ether oxygens (including phenoxy) is 1. The first-order valence-electron chi connectivity index (χ1n) is 8.89. The lowest BCUT2D eigenvalue weighted by atomic mass is 10.1. The first kappa shape index (κ1) is 22.0. The Kier molecular flexibility index (Phi) is 10.2. The third-order valence-electron chi connectivity index (χ3n) is 4.32. The molecule has 1 fully saturated rings. The summed E-state index contributed by atoms with van der Waals surface area (Å²) in [6.07, 6.45) is 3.71. The highest BCUT2D eigenvalue weighted by molar-refractivity contribution is 14.0. The lowest BCUT2D eigenvalue weighted by Gasteiger charge is -2.16. The average molecular weight is 460 g/mol. The van der Waals surface area contributed by atoms with Gasteiger partial charge in [0.05, 0.1) is 0 Å². The van der Waals surface area contributed by atoms with E-state index in [1.54, 1.807) is 7.05 Å². The van der Waals surface area contributed by atoms with Crippen molar-refractivity contribution in [3.05, 3.63) is 29.3 Å². The van der Waals surface area contributed by atoms with Crippen molar-refractivity contribution in [1.29, 1.82) is 0 Å². The van der Waals surface area contributed by atoms with Crippen LogP contribution in [0.1, 0.15) is 30.4 Å². The number of hydrogen-bond donors (Lipinski definition) is 2. The van der Waals surface area contributed by atoms with Crippen molar-refractivity contribution in [3.63, 3.8) is 0 Å². The summed E-state index contributed by atoms with van der Waals surface area (Å²) < 4.78 is 5.64. The van der Waals surface area contributed by atoms with Crippen LogP contribution in [0.2, 0.25) is 0 Å². The SMILES string of the molecule is CN=C(NCCCOCC1CC1)NCc1ccc(N(C)C)cc1C.I. The molecule has 0 heterocycles. The van der Waals surface area contributed by atoms with Gasteiger partial charge in [0.2, 0.25) is 0 Å². The second-order valence-electron chi connectivity index (χ2n) is 6.73. The number of aliphatic imine (C=N–C) groups is 1. The topological polar surface area (TPSA) is 48.9 Å². The Balaban J connectivity index is 0.00000312. The van der Waals surface area contributed by atoms with E-state index < -0.39 is 0 Å². The van der Waals surface area contributed by atoms with Gasteiger partial charge in [-0.2, -0.15) is 0 Å². The molecule has 1 aromatic rings. The summed E-state index contributed by atoms with van der Waals surface area (Å²) in [5, 5.41) is 6.72. The molecule has 2 rings (SSSR count). The summed E-state index contributed by atoms with van der Waals surface area (Å²) in [5.74, 6) is 1.68. The Morgan fingerprint density at radius 1 is 1.28 bits per heavy atom. The smallest absolute Gasteiger partial charge is 0.191 e. The number of guanidine groups is 1. The van der Waals surface area contributed by atoms with Gasteiger partial charge < -0.3 is 20.3 Å². The molecular weight excluding hydrogens is 427 g/mol. The molecule has 0 radical (unpaired) electrons. The van der Waals surface area contributed by atoms with Crippen LogP contribution in [0.15, 0.2) is 23.2 Å². The second kappa shape index (κ2) is 11.6. The minimum Gasteiger partial charge on any atom is -0.381 e. The number of aryl methyl sites for hydroxylation is 1. The molecule has 0 saturated heterocycles. The minimum absolute atomic E-state index is 0. The van der Waals surface area contributed by atoms with Crippen LogP contribution in [0.3, 0.4) is 0 Å². The molecule has 1 aromatic carbocycles. The van der Waals surface area contributed by atoms with Crippen LogP contribution in [0.5, 0.6) is 0 Å². The van der Waals surface area contributed by atoms with Gasteiger partial charge in [0.1, 0.15) is 0 Å². The number of nitrogens with zero attached hydrogens (tertiary/aromatic N) is 2. The maximum atomic E-state index is 5.64. The molecule has 0 amide bonds. The Labute approximate surface area is 169 Å². The lowest BCUT2D eigenvalue weighted by molar-refractivity contribution is 0.123. The number of nitrogens with one attached hydrogen (secondary N) is 2. The summed E-state index contributed by atoms with van der Waals surface area (Å²) >= 11 is 0. The van der Waals surface area contributed by atoms with Crippen LogP contribution in [0.4, 0.5) is 5.69 Å². The third kappa shape index (κ3) is 8.27. The zero-order valence-corrected chi connectivity index (χ0v) is 18.3. The summed E-state index contributed by atoms with van der Waals surface area (Å²) in [4.78, 5) is 6.40. The van der Waals surface area contributed by atoms with Crippen LogP contribution in [0.25, 0.3) is 0 Å². The number of hydrogen-bond acceptors (Lipinski definition) is 3. The molecule has 0 aliphatic heterocycles. The van der Waals surface area contributed by atoms with Crippen LogP contribution < -0.4 is 15.5 Å². The molecule has 0 bridgehead atoms. The Morgan fingerprint density at radius 2 is 2.04 bits per heavy atom. The van der Waals surface area contributed by atoms with Gasteiger partial charge in [-0.15, -0.1) is 24.0 Å². The van der Waals surface area contributed by atoms with Crippen molar-refractivity contribution in [2.24, 2.45) is 10.9 Å². The summed E-state index contributed by atoms with van der Waals surface area (Å²) in [5.41, 5.74) is 3.80. The van der Waals surface area contributed by atoms with Gasteiger partial charge in [-0.3, -0.25) is 4.99 Å². The van der Waals surface area contributed by atoms with Gasteiger partial charge in [-0.05, 0) is 55.4 Å². The zero-order chi connectivity index (χ0) is 17.4. The van der Waals surface area contributed by atoms with Crippen molar-refractivity contribution in [1.82, 2.24) is 10.6 Å². The van der Waals surface area contributed by atoms with E-state index in [-0.39, 0.29) is 24.0 Å². The van der Waals surface area contributed by atoms with E-state index in [1.807, 2.05) is 0 Å². The summed E-state index contributed by atoms with van der Waals surface area (Å²) in [7, 11) is 5.93. The standard InChI is InChI=1S/C19H32N4O.HI/c1-15-12-18(23(3)4)9-8-17(15)13-22-19(20-2)21-10-5-11-24-14-16-6-7-16;/h8-9,12,16H,5-7,10-11,13-14H2,1-4H3,(H2,20,21,22);1H. The van der Waals surface area contributed by atoms with Crippen LogP contribution in [0, 0.1) is 12.8 Å². The van der Waals surface area contributed by atoms with Crippen molar-refractivity contribution < 1.29 is 4.74 Å². The predicted octanol–water partition coefficient (Wildman–Crippen LogP) is 3.16. The largest absolute Gasteiger partial charge is 0.381 e. The number of halogens is 1. The molecule has 0 atom stereocenters. The fraction of sp³-hybridized carbons (Fsp3) is 0.632. The molecule has 0 spiro atoms. The highest BCUT2D eigenvalue weighted by Gasteiger charge is 2.20. The van der Waals surface area contributed by atoms with Crippen LogP contribution in [-0.2, 0) is 11.3 Å². The van der Waals surface area contributed by atoms with E-state index >= 15 is 0 Å². The van der Waals surface area contributed by atoms with Gasteiger partial charge in [-0.1, -0.05) is 6.07 Å². The van der Waals surface area contributed by atoms with Crippen molar-refractivity contribution in [3.8, 4) is 0 Å². The van der Waals surface area contributed by atoms with Gasteiger partial charge in [0.25, 0.3) is 0 Å². The van der Waals surface area contributed by atoms with Gasteiger partial charge in [0.15, 0.2) is 5.96 Å². The highest BCUT2D eigenvalue weighted by Crippen LogP contribution is 2.28. The molecule has 6 heteroatoms. The second-order valence-corrected chi connectivity index (χ2v) is 6.73. The lowest BCUT2D eigenvalue weighted by Crippen LogP contribution is -2.37. The van der Waals surface area contributed by atoms with E-state index in [1.165, 1.54) is 29.7 Å². The van der Waals surface area contributed by atoms with E-state index in [4.69, 9.17) is 4.74 Å². The molecule has 142 valence electrons. The van der Waals surface area contributed by atoms with E-state index in [0.29, 0.717) is 0 Å². The Morgan fingerprint density at radius 3 is 2.64 bits per heavy atom. The first-order valence-corrected chi connectivity index (χ1v) is 8.89. The summed E-state index contributed by atoms with van der Waals surface area (Å²) in [6.45, 7) is 5.57. The van der Waals surface area contributed by atoms with Gasteiger partial charge in [-0.25, -0.2) is 0 Å². The fourth-order valence-electron chi connectivity index (χ4n) is 2.47. The maximum Gasteiger partial charge on any atom is 0.191 e. The van der Waals surface area contributed by atoms with Gasteiger partial charge in [0, 0.05) is 53.1 Å². The van der Waals surface area contributed by atoms with Crippen molar-refractivity contribution >= 4 is 35.6 Å². The number of rotatable bonds is 9. The molecule has 1 aliphatic rings.